The molecular formula is C8H12N4O3. The average molecular weight is 212 g/mol. The van der Waals surface area contributed by atoms with Crippen molar-refractivity contribution in [1.82, 2.24) is 20.3 Å². The molecule has 0 radical (unpaired) electrons. The Morgan fingerprint density at radius 3 is 2.93 bits per heavy atom. The lowest BCUT2D eigenvalue weighted by Crippen LogP contribution is -2.33. The molecule has 0 aromatic carbocycles. The van der Waals surface area contributed by atoms with E-state index in [1.165, 1.54) is 10.9 Å². The molecular weight excluding hydrogens is 200 g/mol. The summed E-state index contributed by atoms with van der Waals surface area (Å²) in [5.41, 5.74) is 0. The van der Waals surface area contributed by atoms with Gasteiger partial charge >= 0.3 is 5.97 Å². The van der Waals surface area contributed by atoms with E-state index in [0.29, 0.717) is 6.61 Å². The van der Waals surface area contributed by atoms with Crippen LogP contribution in [0.3, 0.4) is 0 Å². The fourth-order valence-electron chi connectivity index (χ4n) is 0.903. The van der Waals surface area contributed by atoms with Crippen LogP contribution in [-0.2, 0) is 20.9 Å². The maximum absolute atomic E-state index is 11.2. The van der Waals surface area contributed by atoms with Gasteiger partial charge in [0.15, 0.2) is 0 Å². The third-order valence-corrected chi connectivity index (χ3v) is 1.51. The van der Waals surface area contributed by atoms with Crippen LogP contribution in [0.15, 0.2) is 12.4 Å². The van der Waals surface area contributed by atoms with Crippen LogP contribution in [0.5, 0.6) is 0 Å². The van der Waals surface area contributed by atoms with E-state index in [1.807, 2.05) is 0 Å². The van der Waals surface area contributed by atoms with Crippen molar-refractivity contribution in [2.75, 3.05) is 13.2 Å². The van der Waals surface area contributed by atoms with Crippen LogP contribution >= 0.6 is 0 Å². The quantitative estimate of drug-likeness (QED) is 0.630. The zero-order chi connectivity index (χ0) is 11.1. The number of aromatic nitrogens is 3. The third kappa shape index (κ3) is 4.21. The Kier molecular flexibility index (Phi) is 4.27. The number of nitrogens with one attached hydrogen (secondary N) is 1. The molecule has 1 rings (SSSR count). The van der Waals surface area contributed by atoms with E-state index in [1.54, 1.807) is 13.1 Å². The zero-order valence-electron chi connectivity index (χ0n) is 8.34. The van der Waals surface area contributed by atoms with E-state index in [4.69, 9.17) is 0 Å². The summed E-state index contributed by atoms with van der Waals surface area (Å²) in [4.78, 5) is 22.1. The van der Waals surface area contributed by atoms with Gasteiger partial charge in [-0.15, -0.1) is 5.10 Å². The maximum Gasteiger partial charge on any atom is 0.325 e. The summed E-state index contributed by atoms with van der Waals surface area (Å²) in [5, 5.41) is 9.55. The Morgan fingerprint density at radius 1 is 1.53 bits per heavy atom. The minimum absolute atomic E-state index is 0.0411. The summed E-state index contributed by atoms with van der Waals surface area (Å²) in [5.74, 6) is -0.766. The number of nitrogens with zero attached hydrogens (tertiary/aromatic N) is 3. The van der Waals surface area contributed by atoms with Gasteiger partial charge in [-0.1, -0.05) is 5.21 Å². The summed E-state index contributed by atoms with van der Waals surface area (Å²) in [6, 6.07) is 0. The van der Waals surface area contributed by atoms with E-state index in [2.05, 4.69) is 20.4 Å². The van der Waals surface area contributed by atoms with Crippen molar-refractivity contribution in [2.45, 2.75) is 13.5 Å². The lowest BCUT2D eigenvalue weighted by Gasteiger charge is -2.04. The van der Waals surface area contributed by atoms with Crippen LogP contribution in [0.25, 0.3) is 0 Å². The Labute approximate surface area is 86.4 Å². The average Bonchev–Trinajstić information content (AvgIpc) is 2.68. The molecule has 1 aromatic heterocycles. The van der Waals surface area contributed by atoms with Crippen molar-refractivity contribution in [3.63, 3.8) is 0 Å². The zero-order valence-corrected chi connectivity index (χ0v) is 8.34. The number of carbonyl (C=O) groups is 2. The smallest absolute Gasteiger partial charge is 0.325 e. The molecule has 7 heteroatoms. The number of hydrogen-bond acceptors (Lipinski definition) is 5. The summed E-state index contributed by atoms with van der Waals surface area (Å²) in [6.45, 7) is 1.92. The first-order valence-corrected chi connectivity index (χ1v) is 4.48. The van der Waals surface area contributed by atoms with Crippen molar-refractivity contribution >= 4 is 11.9 Å². The number of carbonyl (C=O) groups excluding carboxylic acids is 2. The fourth-order valence-corrected chi connectivity index (χ4v) is 0.903. The minimum Gasteiger partial charge on any atom is -0.465 e. The molecule has 0 saturated heterocycles. The van der Waals surface area contributed by atoms with Crippen LogP contribution in [0.4, 0.5) is 0 Å². The normalized spacial score (nSPS) is 9.67. The van der Waals surface area contributed by atoms with Gasteiger partial charge in [-0.3, -0.25) is 9.59 Å². The minimum atomic E-state index is -0.454. The lowest BCUT2D eigenvalue weighted by molar-refractivity contribution is -0.143. The SMILES string of the molecule is CCOC(=O)CNC(=O)Cn1ccnn1. The van der Waals surface area contributed by atoms with Gasteiger partial charge in [0.05, 0.1) is 12.8 Å². The Balaban J connectivity index is 2.22. The Bertz CT molecular complexity index is 323. The monoisotopic (exact) mass is 212 g/mol. The van der Waals surface area contributed by atoms with Crippen molar-refractivity contribution in [3.05, 3.63) is 12.4 Å². The predicted octanol–water partition coefficient (Wildman–Crippen LogP) is -1.04. The summed E-state index contributed by atoms with van der Waals surface area (Å²) in [6.07, 6.45) is 3.03. The number of esters is 1. The summed E-state index contributed by atoms with van der Waals surface area (Å²) >= 11 is 0. The molecule has 1 amide bonds. The van der Waals surface area contributed by atoms with Crippen molar-refractivity contribution in [2.24, 2.45) is 0 Å². The van der Waals surface area contributed by atoms with Gasteiger partial charge in [-0.2, -0.15) is 0 Å². The topological polar surface area (TPSA) is 86.1 Å². The molecule has 0 aliphatic heterocycles. The van der Waals surface area contributed by atoms with Gasteiger partial charge in [0, 0.05) is 6.20 Å². The lowest BCUT2D eigenvalue weighted by atomic mass is 10.5. The molecule has 1 N–H and O–H groups in total. The molecule has 1 aromatic rings. The molecule has 1 heterocycles. The number of hydrogen-bond donors (Lipinski definition) is 1. The van der Waals surface area contributed by atoms with Crippen molar-refractivity contribution < 1.29 is 14.3 Å². The standard InChI is InChI=1S/C8H12N4O3/c1-2-15-8(14)5-9-7(13)6-12-4-3-10-11-12/h3-4H,2,5-6H2,1H3,(H,9,13). The Morgan fingerprint density at radius 2 is 2.33 bits per heavy atom. The molecule has 0 unspecified atom stereocenters. The van der Waals surface area contributed by atoms with E-state index in [9.17, 15) is 9.59 Å². The molecule has 0 aliphatic rings. The number of amides is 1. The number of rotatable bonds is 5. The molecule has 15 heavy (non-hydrogen) atoms. The first kappa shape index (κ1) is 11.2. The largest absolute Gasteiger partial charge is 0.465 e. The molecule has 0 saturated carbocycles. The molecule has 82 valence electrons. The Hall–Kier alpha value is -1.92. The molecule has 7 nitrogen and oxygen atoms in total. The predicted molar refractivity (Wildman–Crippen MR) is 49.7 cm³/mol. The van der Waals surface area contributed by atoms with Gasteiger partial charge in [-0.25, -0.2) is 4.68 Å². The highest BCUT2D eigenvalue weighted by atomic mass is 16.5. The second-order valence-electron chi connectivity index (χ2n) is 2.68. The van der Waals surface area contributed by atoms with E-state index >= 15 is 0 Å². The second-order valence-corrected chi connectivity index (χ2v) is 2.68. The molecule has 0 fully saturated rings. The highest BCUT2D eigenvalue weighted by Crippen LogP contribution is 1.81. The fraction of sp³-hybridized carbons (Fsp3) is 0.500. The first-order valence-electron chi connectivity index (χ1n) is 4.48. The van der Waals surface area contributed by atoms with Crippen molar-refractivity contribution in [1.29, 1.82) is 0 Å². The third-order valence-electron chi connectivity index (χ3n) is 1.51. The highest BCUT2D eigenvalue weighted by Gasteiger charge is 2.06. The summed E-state index contributed by atoms with van der Waals surface area (Å²) in [7, 11) is 0. The van der Waals surface area contributed by atoms with Crippen LogP contribution in [0.1, 0.15) is 6.92 Å². The second kappa shape index (κ2) is 5.74. The van der Waals surface area contributed by atoms with Gasteiger partial charge in [0.1, 0.15) is 13.1 Å². The van der Waals surface area contributed by atoms with Crippen LogP contribution in [0.2, 0.25) is 0 Å². The van der Waals surface area contributed by atoms with Crippen LogP contribution in [-0.4, -0.2) is 40.0 Å². The molecule has 0 aliphatic carbocycles. The van der Waals surface area contributed by atoms with Gasteiger partial charge in [-0.05, 0) is 6.92 Å². The maximum atomic E-state index is 11.2. The van der Waals surface area contributed by atoms with Gasteiger partial charge < -0.3 is 10.1 Å². The van der Waals surface area contributed by atoms with Crippen molar-refractivity contribution in [3.8, 4) is 0 Å². The van der Waals surface area contributed by atoms with Crippen LogP contribution < -0.4 is 5.32 Å². The van der Waals surface area contributed by atoms with E-state index < -0.39 is 5.97 Å². The van der Waals surface area contributed by atoms with Gasteiger partial charge in [0.2, 0.25) is 5.91 Å². The summed E-state index contributed by atoms with van der Waals surface area (Å²) < 4.78 is 6.00. The first-order chi connectivity index (χ1) is 7.22. The van der Waals surface area contributed by atoms with Gasteiger partial charge in [0.25, 0.3) is 0 Å². The molecule has 0 atom stereocenters. The number of ether oxygens (including phenoxy) is 1. The van der Waals surface area contributed by atoms with E-state index in [0.717, 1.165) is 0 Å². The molecule has 0 spiro atoms. The molecule has 0 bridgehead atoms. The van der Waals surface area contributed by atoms with Crippen LogP contribution in [0, 0.1) is 0 Å². The van der Waals surface area contributed by atoms with E-state index in [-0.39, 0.29) is 19.0 Å². The highest BCUT2D eigenvalue weighted by molar-refractivity contribution is 5.81.